The molecule has 1 saturated carbocycles. The molecule has 2 N–H and O–H groups in total. The molecular formula is C31H50N2O2. The molecule has 1 unspecified atom stereocenters. The van der Waals surface area contributed by atoms with E-state index in [1.807, 2.05) is 77.9 Å². The van der Waals surface area contributed by atoms with Crippen molar-refractivity contribution in [2.75, 3.05) is 10.6 Å². The predicted octanol–water partition coefficient (Wildman–Crippen LogP) is 8.72. The van der Waals surface area contributed by atoms with Gasteiger partial charge in [-0.2, -0.15) is 0 Å². The molecule has 0 aromatic heterocycles. The molecule has 1 aliphatic carbocycles. The maximum Gasteiger partial charge on any atom is 0.228 e. The Kier molecular flexibility index (Phi) is 14.2. The Hall–Kier alpha value is -2.62. The van der Waals surface area contributed by atoms with Crippen LogP contribution >= 0.6 is 0 Å². The smallest absolute Gasteiger partial charge is 0.228 e. The van der Waals surface area contributed by atoms with E-state index < -0.39 is 0 Å². The van der Waals surface area contributed by atoms with Gasteiger partial charge in [0.1, 0.15) is 0 Å². The van der Waals surface area contributed by atoms with Crippen LogP contribution < -0.4 is 10.6 Å². The minimum absolute atomic E-state index is 0.0300. The molecule has 1 fully saturated rings. The first-order chi connectivity index (χ1) is 16.5. The largest absolute Gasteiger partial charge is 0.326 e. The number of amides is 2. The normalized spacial score (nSPS) is 15.0. The summed E-state index contributed by atoms with van der Waals surface area (Å²) in [5, 5.41) is 6.04. The first kappa shape index (κ1) is 32.4. The van der Waals surface area contributed by atoms with Crippen LogP contribution in [-0.2, 0) is 16.0 Å². The van der Waals surface area contributed by atoms with Crippen molar-refractivity contribution >= 4 is 23.2 Å². The first-order valence-electron chi connectivity index (χ1n) is 13.3. The molecule has 3 rings (SSSR count). The van der Waals surface area contributed by atoms with Gasteiger partial charge in [0.05, 0.1) is 0 Å². The van der Waals surface area contributed by atoms with Crippen molar-refractivity contribution in [2.45, 2.75) is 95.4 Å². The maximum atomic E-state index is 12.4. The second kappa shape index (κ2) is 15.4. The first-order valence-corrected chi connectivity index (χ1v) is 13.3. The number of carbonyl (C=O) groups excluding carboxylic acids is 2. The highest BCUT2D eigenvalue weighted by atomic mass is 16.2. The molecule has 4 heteroatoms. The van der Waals surface area contributed by atoms with Crippen LogP contribution in [0.3, 0.4) is 0 Å². The SMILES string of the molecule is CC.CC.CC.CC(C)(C)CC(=O)Nc1cccc(Cc2cccc(NC(=O)C3CC3(C)C)c2)c1. The third kappa shape index (κ3) is 12.1. The van der Waals surface area contributed by atoms with Gasteiger partial charge in [-0.25, -0.2) is 0 Å². The Morgan fingerprint density at radius 1 is 0.829 bits per heavy atom. The van der Waals surface area contributed by atoms with Crippen LogP contribution in [0.1, 0.15) is 100 Å². The number of hydrogen-bond acceptors (Lipinski definition) is 2. The number of carbonyl (C=O) groups is 2. The second-order valence-electron chi connectivity index (χ2n) is 10.1. The monoisotopic (exact) mass is 482 g/mol. The van der Waals surface area contributed by atoms with Gasteiger partial charge in [-0.1, -0.05) is 100 Å². The minimum Gasteiger partial charge on any atom is -0.326 e. The quantitative estimate of drug-likeness (QED) is 0.432. The molecule has 1 aliphatic rings. The summed E-state index contributed by atoms with van der Waals surface area (Å²) in [5.74, 6) is 0.248. The molecule has 0 saturated heterocycles. The van der Waals surface area contributed by atoms with Crippen molar-refractivity contribution in [1.29, 1.82) is 0 Å². The van der Waals surface area contributed by atoms with E-state index in [9.17, 15) is 9.59 Å². The Morgan fingerprint density at radius 2 is 1.26 bits per heavy atom. The van der Waals surface area contributed by atoms with E-state index in [0.29, 0.717) is 6.42 Å². The zero-order valence-corrected chi connectivity index (χ0v) is 24.1. The van der Waals surface area contributed by atoms with Crippen LogP contribution in [0.25, 0.3) is 0 Å². The van der Waals surface area contributed by atoms with Gasteiger partial charge < -0.3 is 10.6 Å². The molecule has 196 valence electrons. The number of rotatable bonds is 6. The summed E-state index contributed by atoms with van der Waals surface area (Å²) < 4.78 is 0. The molecule has 0 radical (unpaired) electrons. The highest BCUT2D eigenvalue weighted by molar-refractivity contribution is 5.95. The lowest BCUT2D eigenvalue weighted by molar-refractivity contribution is -0.118. The molecule has 0 aliphatic heterocycles. The predicted molar refractivity (Wildman–Crippen MR) is 153 cm³/mol. The molecule has 0 heterocycles. The van der Waals surface area contributed by atoms with Gasteiger partial charge in [-0.15, -0.1) is 0 Å². The average molecular weight is 483 g/mol. The van der Waals surface area contributed by atoms with Gasteiger partial charge in [0.25, 0.3) is 0 Å². The topological polar surface area (TPSA) is 58.2 Å². The Morgan fingerprint density at radius 3 is 1.66 bits per heavy atom. The zero-order valence-electron chi connectivity index (χ0n) is 24.1. The Labute approximate surface area is 215 Å². The van der Waals surface area contributed by atoms with Crippen LogP contribution in [0.4, 0.5) is 11.4 Å². The lowest BCUT2D eigenvalue weighted by atomic mass is 9.92. The lowest BCUT2D eigenvalue weighted by Crippen LogP contribution is -2.19. The summed E-state index contributed by atoms with van der Waals surface area (Å²) in [6.07, 6.45) is 2.17. The van der Waals surface area contributed by atoms with Crippen LogP contribution in [0.2, 0.25) is 0 Å². The average Bonchev–Trinajstić information content (AvgIpc) is 3.45. The highest BCUT2D eigenvalue weighted by Gasteiger charge is 2.50. The molecule has 2 aromatic rings. The van der Waals surface area contributed by atoms with Gasteiger partial charge in [0, 0.05) is 23.7 Å². The number of nitrogens with one attached hydrogen (secondary N) is 2. The summed E-state index contributed by atoms with van der Waals surface area (Å²) in [6.45, 7) is 22.4. The standard InChI is InChI=1S/C25H32N2O2.3C2H6/c1-24(2,3)16-22(28)26-19-10-6-8-17(13-19)12-18-9-7-11-20(14-18)27-23(29)21-15-25(21,4)5;3*1-2/h6-11,13-14,21H,12,15-16H2,1-5H3,(H,26,28)(H,27,29);3*1-2H3. The van der Waals surface area contributed by atoms with Gasteiger partial charge in [-0.05, 0) is 59.1 Å². The third-order valence-electron chi connectivity index (χ3n) is 5.33. The Bertz CT molecular complexity index is 910. The summed E-state index contributed by atoms with van der Waals surface area (Å²) in [7, 11) is 0. The molecule has 0 bridgehead atoms. The van der Waals surface area contributed by atoms with Crippen molar-refractivity contribution in [3.05, 3.63) is 59.7 Å². The second-order valence-corrected chi connectivity index (χ2v) is 10.1. The van der Waals surface area contributed by atoms with Crippen molar-refractivity contribution < 1.29 is 9.59 Å². The maximum absolute atomic E-state index is 12.4. The number of benzene rings is 2. The van der Waals surface area contributed by atoms with Gasteiger partial charge in [0.2, 0.25) is 11.8 Å². The van der Waals surface area contributed by atoms with Crippen molar-refractivity contribution in [1.82, 2.24) is 0 Å². The fourth-order valence-electron chi connectivity index (χ4n) is 3.58. The molecule has 0 spiro atoms. The van der Waals surface area contributed by atoms with Gasteiger partial charge in [0.15, 0.2) is 0 Å². The number of hydrogen-bond donors (Lipinski definition) is 2. The van der Waals surface area contributed by atoms with E-state index in [2.05, 4.69) is 57.4 Å². The number of anilines is 2. The Balaban J connectivity index is 0.00000179. The summed E-state index contributed by atoms with van der Waals surface area (Å²) in [6, 6.07) is 15.9. The van der Waals surface area contributed by atoms with Crippen LogP contribution in [0.15, 0.2) is 48.5 Å². The van der Waals surface area contributed by atoms with E-state index in [4.69, 9.17) is 0 Å². The molecule has 4 nitrogen and oxygen atoms in total. The van der Waals surface area contributed by atoms with Crippen LogP contribution in [-0.4, -0.2) is 11.8 Å². The summed E-state index contributed by atoms with van der Waals surface area (Å²) >= 11 is 0. The van der Waals surface area contributed by atoms with Gasteiger partial charge >= 0.3 is 0 Å². The highest BCUT2D eigenvalue weighted by Crippen LogP contribution is 2.52. The molecular weight excluding hydrogens is 432 g/mol. The molecule has 2 aromatic carbocycles. The van der Waals surface area contributed by atoms with Crippen molar-refractivity contribution in [3.63, 3.8) is 0 Å². The summed E-state index contributed by atoms with van der Waals surface area (Å²) in [5.41, 5.74) is 3.98. The molecule has 2 amide bonds. The van der Waals surface area contributed by atoms with Gasteiger partial charge in [-0.3, -0.25) is 9.59 Å². The van der Waals surface area contributed by atoms with E-state index in [1.165, 1.54) is 0 Å². The van der Waals surface area contributed by atoms with E-state index in [-0.39, 0.29) is 28.6 Å². The van der Waals surface area contributed by atoms with E-state index in [1.54, 1.807) is 0 Å². The fourth-order valence-corrected chi connectivity index (χ4v) is 3.58. The minimum atomic E-state index is -0.0394. The third-order valence-corrected chi connectivity index (χ3v) is 5.33. The van der Waals surface area contributed by atoms with E-state index >= 15 is 0 Å². The zero-order chi connectivity index (χ0) is 27.2. The summed E-state index contributed by atoms with van der Waals surface area (Å²) in [4.78, 5) is 24.6. The van der Waals surface area contributed by atoms with Crippen molar-refractivity contribution in [3.8, 4) is 0 Å². The fraction of sp³-hybridized carbons (Fsp3) is 0.548. The van der Waals surface area contributed by atoms with Crippen molar-refractivity contribution in [2.24, 2.45) is 16.7 Å². The molecule has 35 heavy (non-hydrogen) atoms. The molecule has 1 atom stereocenters. The van der Waals surface area contributed by atoms with E-state index in [0.717, 1.165) is 35.3 Å². The van der Waals surface area contributed by atoms with Crippen LogP contribution in [0.5, 0.6) is 0 Å². The lowest BCUT2D eigenvalue weighted by Gasteiger charge is -2.17. The van der Waals surface area contributed by atoms with Crippen LogP contribution in [0, 0.1) is 16.7 Å².